The van der Waals surface area contributed by atoms with E-state index in [0.717, 1.165) is 16.3 Å². The molecule has 1 aliphatic rings. The molecule has 2 amide bonds. The van der Waals surface area contributed by atoms with Crippen molar-refractivity contribution in [2.75, 3.05) is 5.01 Å². The van der Waals surface area contributed by atoms with Crippen LogP contribution in [0.3, 0.4) is 0 Å². The molecule has 1 aliphatic heterocycles. The monoisotopic (exact) mass is 488 g/mol. The van der Waals surface area contributed by atoms with Crippen molar-refractivity contribution in [2.24, 2.45) is 0 Å². The standard InChI is InChI=1S/C27H18Cl2N2O3/c28-23-12-10-17(14-24(23)29)16-34-25-13-11-18-6-4-5-9-20(18)21(25)15-22-26(32)30-31(27(22)33)19-7-2-1-3-8-19/h1-15H,16H2,(H,30,32). The van der Waals surface area contributed by atoms with Gasteiger partial charge in [0.1, 0.15) is 17.9 Å². The van der Waals surface area contributed by atoms with Gasteiger partial charge in [0, 0.05) is 5.56 Å². The van der Waals surface area contributed by atoms with E-state index in [1.807, 2.05) is 48.5 Å². The molecule has 0 spiro atoms. The van der Waals surface area contributed by atoms with Crippen LogP contribution >= 0.6 is 23.2 Å². The van der Waals surface area contributed by atoms with Gasteiger partial charge in [-0.3, -0.25) is 15.0 Å². The quantitative estimate of drug-likeness (QED) is 0.269. The molecular formula is C27H18Cl2N2O3. The van der Waals surface area contributed by atoms with Gasteiger partial charge in [-0.1, -0.05) is 77.8 Å². The molecular weight excluding hydrogens is 471 g/mol. The highest BCUT2D eigenvalue weighted by Crippen LogP contribution is 2.33. The minimum Gasteiger partial charge on any atom is -0.488 e. The second kappa shape index (κ2) is 9.21. The van der Waals surface area contributed by atoms with E-state index in [1.54, 1.807) is 42.5 Å². The molecule has 1 heterocycles. The predicted octanol–water partition coefficient (Wildman–Crippen LogP) is 6.19. The number of carbonyl (C=O) groups is 2. The van der Waals surface area contributed by atoms with Gasteiger partial charge in [0.15, 0.2) is 0 Å². The third-order valence-electron chi connectivity index (χ3n) is 5.50. The lowest BCUT2D eigenvalue weighted by Crippen LogP contribution is -2.35. The number of hydrazine groups is 1. The number of fused-ring (bicyclic) bond motifs is 1. The van der Waals surface area contributed by atoms with Crippen molar-refractivity contribution in [1.82, 2.24) is 5.43 Å². The zero-order valence-corrected chi connectivity index (χ0v) is 19.3. The molecule has 0 saturated carbocycles. The smallest absolute Gasteiger partial charge is 0.282 e. The number of ether oxygens (including phenoxy) is 1. The fourth-order valence-corrected chi connectivity index (χ4v) is 4.12. The molecule has 0 aliphatic carbocycles. The summed E-state index contributed by atoms with van der Waals surface area (Å²) in [6.07, 6.45) is 1.59. The Morgan fingerprint density at radius 2 is 1.62 bits per heavy atom. The molecule has 0 bridgehead atoms. The molecule has 34 heavy (non-hydrogen) atoms. The molecule has 5 rings (SSSR count). The van der Waals surface area contributed by atoms with Crippen LogP contribution in [0.4, 0.5) is 5.69 Å². The third kappa shape index (κ3) is 4.23. The maximum atomic E-state index is 13.1. The Kier molecular flexibility index (Phi) is 5.97. The van der Waals surface area contributed by atoms with E-state index in [-0.39, 0.29) is 12.2 Å². The van der Waals surface area contributed by atoms with Crippen LogP contribution in [0.2, 0.25) is 10.0 Å². The molecule has 0 atom stereocenters. The molecule has 4 aromatic carbocycles. The summed E-state index contributed by atoms with van der Waals surface area (Å²) in [5.74, 6) is -0.368. The second-order valence-corrected chi connectivity index (χ2v) is 8.53. The first-order valence-electron chi connectivity index (χ1n) is 10.5. The lowest BCUT2D eigenvalue weighted by Gasteiger charge is -2.14. The zero-order valence-electron chi connectivity index (χ0n) is 17.8. The molecule has 1 fully saturated rings. The second-order valence-electron chi connectivity index (χ2n) is 7.71. The number of carbonyl (C=O) groups excluding carboxylic acids is 2. The topological polar surface area (TPSA) is 58.6 Å². The summed E-state index contributed by atoms with van der Waals surface area (Å²) < 4.78 is 6.12. The van der Waals surface area contributed by atoms with Gasteiger partial charge in [-0.2, -0.15) is 0 Å². The first-order valence-corrected chi connectivity index (χ1v) is 11.3. The van der Waals surface area contributed by atoms with Gasteiger partial charge in [0.05, 0.1) is 15.7 Å². The molecule has 5 nitrogen and oxygen atoms in total. The van der Waals surface area contributed by atoms with Crippen molar-refractivity contribution in [3.05, 3.63) is 112 Å². The lowest BCUT2D eigenvalue weighted by atomic mass is 10.0. The maximum absolute atomic E-state index is 13.1. The van der Waals surface area contributed by atoms with Crippen LogP contribution in [0.1, 0.15) is 11.1 Å². The molecule has 168 valence electrons. The average molecular weight is 489 g/mol. The number of hydrogen-bond donors (Lipinski definition) is 1. The fourth-order valence-electron chi connectivity index (χ4n) is 3.80. The Morgan fingerprint density at radius 3 is 2.41 bits per heavy atom. The van der Waals surface area contributed by atoms with Crippen molar-refractivity contribution in [2.45, 2.75) is 6.61 Å². The van der Waals surface area contributed by atoms with Gasteiger partial charge in [-0.05, 0) is 52.7 Å². The number of benzene rings is 4. The SMILES string of the molecule is O=C1NN(c2ccccc2)C(=O)C1=Cc1c(OCc2ccc(Cl)c(Cl)c2)ccc2ccccc12. The first-order chi connectivity index (χ1) is 16.5. The molecule has 7 heteroatoms. The van der Waals surface area contributed by atoms with Crippen LogP contribution in [0.25, 0.3) is 16.8 Å². The highest BCUT2D eigenvalue weighted by Gasteiger charge is 2.34. The van der Waals surface area contributed by atoms with E-state index in [1.165, 1.54) is 5.01 Å². The molecule has 1 N–H and O–H groups in total. The Balaban J connectivity index is 1.54. The van der Waals surface area contributed by atoms with Crippen molar-refractivity contribution in [3.8, 4) is 5.75 Å². The number of anilines is 1. The number of hydrogen-bond acceptors (Lipinski definition) is 3. The number of nitrogens with zero attached hydrogens (tertiary/aromatic N) is 1. The summed E-state index contributed by atoms with van der Waals surface area (Å²) >= 11 is 12.1. The van der Waals surface area contributed by atoms with Crippen LogP contribution in [0.15, 0.2) is 90.5 Å². The predicted molar refractivity (Wildman–Crippen MR) is 135 cm³/mol. The van der Waals surface area contributed by atoms with E-state index >= 15 is 0 Å². The summed E-state index contributed by atoms with van der Waals surface area (Å²) in [6, 6.07) is 25.7. The van der Waals surface area contributed by atoms with E-state index in [2.05, 4.69) is 5.43 Å². The van der Waals surface area contributed by atoms with Crippen LogP contribution in [0, 0.1) is 0 Å². The minimum atomic E-state index is -0.475. The Hall–Kier alpha value is -3.80. The van der Waals surface area contributed by atoms with Crippen molar-refractivity contribution in [3.63, 3.8) is 0 Å². The minimum absolute atomic E-state index is 0.0274. The Morgan fingerprint density at radius 1 is 0.853 bits per heavy atom. The largest absolute Gasteiger partial charge is 0.488 e. The van der Waals surface area contributed by atoms with Crippen LogP contribution in [0.5, 0.6) is 5.75 Å². The van der Waals surface area contributed by atoms with Gasteiger partial charge in [-0.25, -0.2) is 5.01 Å². The summed E-state index contributed by atoms with van der Waals surface area (Å²) in [5, 5.41) is 3.98. The van der Waals surface area contributed by atoms with Crippen molar-refractivity contribution >= 4 is 57.6 Å². The van der Waals surface area contributed by atoms with Gasteiger partial charge >= 0.3 is 0 Å². The fraction of sp³-hybridized carbons (Fsp3) is 0.0370. The lowest BCUT2D eigenvalue weighted by molar-refractivity contribution is -0.117. The summed E-state index contributed by atoms with van der Waals surface area (Å²) in [6.45, 7) is 0.238. The molecule has 4 aromatic rings. The van der Waals surface area contributed by atoms with Gasteiger partial charge in [0.2, 0.25) is 0 Å². The summed E-state index contributed by atoms with van der Waals surface area (Å²) in [7, 11) is 0. The summed E-state index contributed by atoms with van der Waals surface area (Å²) in [4.78, 5) is 25.9. The molecule has 0 unspecified atom stereocenters. The van der Waals surface area contributed by atoms with Crippen molar-refractivity contribution in [1.29, 1.82) is 0 Å². The summed E-state index contributed by atoms with van der Waals surface area (Å²) in [5.41, 5.74) is 4.73. The number of para-hydroxylation sites is 1. The zero-order chi connectivity index (χ0) is 23.7. The van der Waals surface area contributed by atoms with Gasteiger partial charge in [-0.15, -0.1) is 0 Å². The Labute approximate surface area is 206 Å². The van der Waals surface area contributed by atoms with E-state index in [0.29, 0.717) is 27.0 Å². The normalized spacial score (nSPS) is 14.6. The number of rotatable bonds is 5. The molecule has 0 radical (unpaired) electrons. The molecule has 1 saturated heterocycles. The van der Waals surface area contributed by atoms with Crippen LogP contribution in [-0.2, 0) is 16.2 Å². The van der Waals surface area contributed by atoms with E-state index in [4.69, 9.17) is 27.9 Å². The maximum Gasteiger partial charge on any atom is 0.282 e. The van der Waals surface area contributed by atoms with Crippen LogP contribution in [-0.4, -0.2) is 11.8 Å². The average Bonchev–Trinajstić information content (AvgIpc) is 3.14. The highest BCUT2D eigenvalue weighted by atomic mass is 35.5. The van der Waals surface area contributed by atoms with E-state index in [9.17, 15) is 9.59 Å². The van der Waals surface area contributed by atoms with E-state index < -0.39 is 11.8 Å². The highest BCUT2D eigenvalue weighted by molar-refractivity contribution is 6.42. The first kappa shape index (κ1) is 22.0. The van der Waals surface area contributed by atoms with Gasteiger partial charge < -0.3 is 4.74 Å². The van der Waals surface area contributed by atoms with Crippen LogP contribution < -0.4 is 15.2 Å². The van der Waals surface area contributed by atoms with Gasteiger partial charge in [0.25, 0.3) is 11.8 Å². The molecule has 0 aromatic heterocycles. The number of nitrogens with one attached hydrogen (secondary N) is 1. The number of amides is 2. The Bertz CT molecular complexity index is 1450. The number of halogens is 2. The van der Waals surface area contributed by atoms with Crippen molar-refractivity contribution < 1.29 is 14.3 Å². The third-order valence-corrected chi connectivity index (χ3v) is 6.24.